The van der Waals surface area contributed by atoms with Gasteiger partial charge in [-0.05, 0) is 43.2 Å². The molecule has 7 heteroatoms. The lowest BCUT2D eigenvalue weighted by Gasteiger charge is -2.20. The number of hydrogen-bond donors (Lipinski definition) is 1. The Labute approximate surface area is 176 Å². The molecule has 0 radical (unpaired) electrons. The molecular weight excluding hydrogens is 384 g/mol. The number of aryl methyl sites for hydroxylation is 1. The van der Waals surface area contributed by atoms with Gasteiger partial charge in [0.05, 0.1) is 19.6 Å². The molecule has 1 atom stereocenters. The molecule has 0 bridgehead atoms. The molecule has 0 aliphatic carbocycles. The highest BCUT2D eigenvalue weighted by Gasteiger charge is 2.35. The summed E-state index contributed by atoms with van der Waals surface area (Å²) in [5.74, 6) is 0.441. The van der Waals surface area contributed by atoms with Crippen molar-refractivity contribution >= 4 is 23.2 Å². The minimum Gasteiger partial charge on any atom is -0.493 e. The van der Waals surface area contributed by atoms with E-state index in [0.717, 1.165) is 16.8 Å². The largest absolute Gasteiger partial charge is 0.493 e. The second-order valence-corrected chi connectivity index (χ2v) is 7.32. The molecular formula is C23H28N2O5. The second kappa shape index (κ2) is 9.63. The lowest BCUT2D eigenvalue weighted by atomic mass is 10.1. The molecule has 1 heterocycles. The quantitative estimate of drug-likeness (QED) is 0.673. The molecule has 160 valence electrons. The predicted molar refractivity (Wildman–Crippen MR) is 115 cm³/mol. The highest BCUT2D eigenvalue weighted by Crippen LogP contribution is 2.32. The number of rotatable bonds is 8. The van der Waals surface area contributed by atoms with E-state index in [9.17, 15) is 9.59 Å². The van der Waals surface area contributed by atoms with Crippen molar-refractivity contribution in [3.63, 3.8) is 0 Å². The number of carbonyl (C=O) groups excluding carboxylic acids is 2. The van der Waals surface area contributed by atoms with Crippen LogP contribution in [0.2, 0.25) is 0 Å². The van der Waals surface area contributed by atoms with Crippen LogP contribution in [0.25, 0.3) is 0 Å². The number of anilines is 2. The maximum Gasteiger partial charge on any atom is 0.229 e. The summed E-state index contributed by atoms with van der Waals surface area (Å²) in [6.07, 6.45) is 0.187. The van der Waals surface area contributed by atoms with Crippen LogP contribution in [0.4, 0.5) is 11.4 Å². The third kappa shape index (κ3) is 4.74. The number of methoxy groups -OCH3 is 2. The van der Waals surface area contributed by atoms with Crippen molar-refractivity contribution in [2.75, 3.05) is 44.2 Å². The first kappa shape index (κ1) is 21.6. The summed E-state index contributed by atoms with van der Waals surface area (Å²) in [7, 11) is 3.16. The van der Waals surface area contributed by atoms with Gasteiger partial charge in [-0.1, -0.05) is 12.1 Å². The average Bonchev–Trinajstić information content (AvgIpc) is 3.12. The first-order chi connectivity index (χ1) is 14.4. The number of amides is 2. The highest BCUT2D eigenvalue weighted by molar-refractivity contribution is 6.04. The van der Waals surface area contributed by atoms with Crippen molar-refractivity contribution in [3.05, 3.63) is 47.5 Å². The van der Waals surface area contributed by atoms with E-state index in [1.165, 1.54) is 0 Å². The Kier molecular flexibility index (Phi) is 6.95. The summed E-state index contributed by atoms with van der Waals surface area (Å²) >= 11 is 0. The second-order valence-electron chi connectivity index (χ2n) is 7.32. The molecule has 7 nitrogen and oxygen atoms in total. The topological polar surface area (TPSA) is 77.1 Å². The number of nitrogens with one attached hydrogen (secondary N) is 1. The van der Waals surface area contributed by atoms with Gasteiger partial charge >= 0.3 is 0 Å². The van der Waals surface area contributed by atoms with Crippen molar-refractivity contribution in [3.8, 4) is 11.5 Å². The number of ether oxygens (including phenoxy) is 3. The summed E-state index contributed by atoms with van der Waals surface area (Å²) in [5.41, 5.74) is 3.63. The van der Waals surface area contributed by atoms with Crippen molar-refractivity contribution < 1.29 is 23.8 Å². The molecule has 1 aliphatic rings. The van der Waals surface area contributed by atoms with Crippen LogP contribution in [-0.4, -0.2) is 45.8 Å². The van der Waals surface area contributed by atoms with Gasteiger partial charge < -0.3 is 24.4 Å². The summed E-state index contributed by atoms with van der Waals surface area (Å²) in [5, 5.41) is 2.90. The molecule has 0 saturated carbocycles. The van der Waals surface area contributed by atoms with Crippen molar-refractivity contribution in [2.45, 2.75) is 20.3 Å². The first-order valence-corrected chi connectivity index (χ1v) is 9.91. The summed E-state index contributed by atoms with van der Waals surface area (Å²) in [4.78, 5) is 27.1. The molecule has 0 spiro atoms. The first-order valence-electron chi connectivity index (χ1n) is 9.91. The molecule has 2 aromatic carbocycles. The summed E-state index contributed by atoms with van der Waals surface area (Å²) in [6.45, 7) is 5.18. The van der Waals surface area contributed by atoms with Crippen LogP contribution in [0.1, 0.15) is 17.5 Å². The van der Waals surface area contributed by atoms with Crippen LogP contribution in [-0.2, 0) is 14.3 Å². The van der Waals surface area contributed by atoms with E-state index in [4.69, 9.17) is 14.2 Å². The van der Waals surface area contributed by atoms with E-state index in [1.54, 1.807) is 37.3 Å². The van der Waals surface area contributed by atoms with E-state index in [0.29, 0.717) is 36.9 Å². The van der Waals surface area contributed by atoms with Crippen LogP contribution in [0.15, 0.2) is 36.4 Å². The Hall–Kier alpha value is -3.06. The predicted octanol–water partition coefficient (Wildman–Crippen LogP) is 3.33. The maximum absolute atomic E-state index is 12.8. The number of hydrogen-bond acceptors (Lipinski definition) is 5. The number of benzene rings is 2. The molecule has 1 N–H and O–H groups in total. The van der Waals surface area contributed by atoms with Gasteiger partial charge in [0.25, 0.3) is 0 Å². The minimum atomic E-state index is -0.419. The molecule has 1 aliphatic heterocycles. The van der Waals surface area contributed by atoms with Gasteiger partial charge in [0.1, 0.15) is 6.61 Å². The molecule has 2 aromatic rings. The Morgan fingerprint density at radius 2 is 1.93 bits per heavy atom. The monoisotopic (exact) mass is 412 g/mol. The SMILES string of the molecule is COCCOc1cc(NC(=O)C2CC(=O)N(c3cccc(C)c3C)C2)ccc1OC. The zero-order valence-electron chi connectivity index (χ0n) is 17.9. The van der Waals surface area contributed by atoms with Crippen molar-refractivity contribution in [2.24, 2.45) is 5.92 Å². The van der Waals surface area contributed by atoms with Crippen LogP contribution in [0.3, 0.4) is 0 Å². The van der Waals surface area contributed by atoms with Gasteiger partial charge in [-0.15, -0.1) is 0 Å². The Morgan fingerprint density at radius 3 is 2.67 bits per heavy atom. The summed E-state index contributed by atoms with van der Waals surface area (Å²) < 4.78 is 16.0. The Balaban J connectivity index is 1.70. The zero-order chi connectivity index (χ0) is 21.7. The van der Waals surface area contributed by atoms with E-state index >= 15 is 0 Å². The van der Waals surface area contributed by atoms with Gasteiger partial charge in [0, 0.05) is 37.5 Å². The Bertz CT molecular complexity index is 928. The van der Waals surface area contributed by atoms with Gasteiger partial charge in [0.2, 0.25) is 11.8 Å². The third-order valence-corrected chi connectivity index (χ3v) is 5.34. The normalized spacial score (nSPS) is 15.9. The van der Waals surface area contributed by atoms with Crippen LogP contribution in [0.5, 0.6) is 11.5 Å². The van der Waals surface area contributed by atoms with E-state index in [2.05, 4.69) is 5.32 Å². The third-order valence-electron chi connectivity index (χ3n) is 5.34. The standard InChI is InChI=1S/C23H28N2O5/c1-15-6-5-7-19(16(15)2)25-14-17(12-22(25)26)23(27)24-18-8-9-20(29-4)21(13-18)30-11-10-28-3/h5-9,13,17H,10-12,14H2,1-4H3,(H,24,27). The van der Waals surface area contributed by atoms with Gasteiger partial charge in [-0.2, -0.15) is 0 Å². The van der Waals surface area contributed by atoms with Crippen LogP contribution >= 0.6 is 0 Å². The molecule has 3 rings (SSSR count). The van der Waals surface area contributed by atoms with E-state index in [-0.39, 0.29) is 18.2 Å². The molecule has 1 fully saturated rings. The molecule has 2 amide bonds. The van der Waals surface area contributed by atoms with Crippen molar-refractivity contribution in [1.29, 1.82) is 0 Å². The Morgan fingerprint density at radius 1 is 1.13 bits per heavy atom. The molecule has 0 aromatic heterocycles. The zero-order valence-corrected chi connectivity index (χ0v) is 17.9. The van der Waals surface area contributed by atoms with Crippen molar-refractivity contribution in [1.82, 2.24) is 0 Å². The minimum absolute atomic E-state index is 0.0397. The molecule has 1 unspecified atom stereocenters. The number of carbonyl (C=O) groups is 2. The van der Waals surface area contributed by atoms with Gasteiger partial charge in [0.15, 0.2) is 11.5 Å². The highest BCUT2D eigenvalue weighted by atomic mass is 16.5. The summed E-state index contributed by atoms with van der Waals surface area (Å²) in [6, 6.07) is 11.1. The van der Waals surface area contributed by atoms with Crippen LogP contribution < -0.4 is 19.7 Å². The average molecular weight is 412 g/mol. The van der Waals surface area contributed by atoms with Gasteiger partial charge in [-0.25, -0.2) is 0 Å². The smallest absolute Gasteiger partial charge is 0.229 e. The van der Waals surface area contributed by atoms with Crippen LogP contribution in [0, 0.1) is 19.8 Å². The molecule has 30 heavy (non-hydrogen) atoms. The lowest BCUT2D eigenvalue weighted by Crippen LogP contribution is -2.28. The molecule has 1 saturated heterocycles. The fraction of sp³-hybridized carbons (Fsp3) is 0.391. The van der Waals surface area contributed by atoms with E-state index in [1.807, 2.05) is 32.0 Å². The van der Waals surface area contributed by atoms with Gasteiger partial charge in [-0.3, -0.25) is 9.59 Å². The fourth-order valence-electron chi connectivity index (χ4n) is 3.49. The lowest BCUT2D eigenvalue weighted by molar-refractivity contribution is -0.122. The fourth-order valence-corrected chi connectivity index (χ4v) is 3.49. The van der Waals surface area contributed by atoms with E-state index < -0.39 is 5.92 Å². The number of nitrogens with zero attached hydrogens (tertiary/aromatic N) is 1. The maximum atomic E-state index is 12.8.